The van der Waals surface area contributed by atoms with Crippen molar-refractivity contribution in [1.82, 2.24) is 34.7 Å². The summed E-state index contributed by atoms with van der Waals surface area (Å²) in [4.78, 5) is 38.8. The van der Waals surface area contributed by atoms with Crippen LogP contribution in [0.5, 0.6) is 5.75 Å². The van der Waals surface area contributed by atoms with Gasteiger partial charge in [-0.1, -0.05) is 23.2 Å². The van der Waals surface area contributed by atoms with Gasteiger partial charge in [0.15, 0.2) is 11.4 Å². The SMILES string of the molecule is C[C@H]1CN(c2cc(OC(F)F)c(-n3cc(C(=O)N(C)CCCN(CCO)C4CCC4)nn3)cc2NC(=O)c2nc(N)c(N)cc2Cl)CCN1C. The lowest BCUT2D eigenvalue weighted by Gasteiger charge is -2.40. The van der Waals surface area contributed by atoms with Crippen LogP contribution in [-0.2, 0) is 0 Å². The molecule has 0 unspecified atom stereocenters. The number of aromatic nitrogens is 4. The molecule has 1 aliphatic heterocycles. The summed E-state index contributed by atoms with van der Waals surface area (Å²) in [5.41, 5.74) is 12.2. The number of aliphatic hydroxyl groups is 1. The molecule has 1 aromatic carbocycles. The molecule has 1 saturated heterocycles. The smallest absolute Gasteiger partial charge is 0.387 e. The fourth-order valence-electron chi connectivity index (χ4n) is 6.06. The van der Waals surface area contributed by atoms with E-state index in [0.717, 1.165) is 24.1 Å². The number of anilines is 4. The van der Waals surface area contributed by atoms with Crippen LogP contribution in [-0.4, -0.2) is 130 Å². The van der Waals surface area contributed by atoms with Gasteiger partial charge in [0.2, 0.25) is 0 Å². The Hall–Kier alpha value is -4.32. The number of nitrogens with one attached hydrogen (secondary N) is 1. The first-order valence-electron chi connectivity index (χ1n) is 16.5. The van der Waals surface area contributed by atoms with Crippen LogP contribution in [0.15, 0.2) is 24.4 Å². The van der Waals surface area contributed by atoms with E-state index in [1.807, 2.05) is 18.9 Å². The standard InChI is InChI=1S/C32H44ClF2N11O4/c1-19-17-45(11-10-42(19)2)25-16-27(50-32(34)35)26(15-23(25)38-30(48)28-21(33)14-22(36)29(37)39-28)46-18-24(40-41-46)31(49)43(3)8-5-9-44(12-13-47)20-6-4-7-20/h14-16,18-20,32,47H,4-13,17,36H2,1-3H3,(H2,37,39)(H,38,48)/t19-/m0/s1. The first kappa shape index (κ1) is 36.9. The monoisotopic (exact) mass is 719 g/mol. The van der Waals surface area contributed by atoms with Crippen molar-refractivity contribution in [1.29, 1.82) is 0 Å². The van der Waals surface area contributed by atoms with E-state index in [1.165, 1.54) is 35.7 Å². The summed E-state index contributed by atoms with van der Waals surface area (Å²) in [6.45, 7) is 2.40. The number of pyridine rings is 1. The summed E-state index contributed by atoms with van der Waals surface area (Å²) in [5, 5.41) is 20.3. The fraction of sp³-hybridized carbons (Fsp3) is 0.531. The van der Waals surface area contributed by atoms with Crippen LogP contribution in [0.3, 0.4) is 0 Å². The number of halogens is 3. The van der Waals surface area contributed by atoms with Crippen molar-refractivity contribution in [3.63, 3.8) is 0 Å². The number of nitrogen functional groups attached to an aromatic ring is 2. The molecule has 2 amide bonds. The number of aliphatic hydroxyl groups excluding tert-OH is 1. The van der Waals surface area contributed by atoms with Gasteiger partial charge in [0, 0.05) is 64.5 Å². The third-order valence-corrected chi connectivity index (χ3v) is 9.60. The Kier molecular flexibility index (Phi) is 11.9. The number of hydrogen-bond acceptors (Lipinski definition) is 12. The Morgan fingerprint density at radius 1 is 1.16 bits per heavy atom. The molecular weight excluding hydrogens is 676 g/mol. The lowest BCUT2D eigenvalue weighted by Crippen LogP contribution is -2.50. The van der Waals surface area contributed by atoms with Gasteiger partial charge >= 0.3 is 6.61 Å². The zero-order chi connectivity index (χ0) is 36.1. The molecule has 18 heteroatoms. The van der Waals surface area contributed by atoms with Crippen molar-refractivity contribution in [2.75, 3.05) is 81.7 Å². The highest BCUT2D eigenvalue weighted by atomic mass is 35.5. The molecule has 3 heterocycles. The highest BCUT2D eigenvalue weighted by molar-refractivity contribution is 6.34. The van der Waals surface area contributed by atoms with Gasteiger partial charge in [-0.15, -0.1) is 5.10 Å². The number of hydrogen-bond donors (Lipinski definition) is 4. The molecule has 0 bridgehead atoms. The molecule has 272 valence electrons. The van der Waals surface area contributed by atoms with Crippen LogP contribution in [0.4, 0.5) is 31.7 Å². The number of likely N-dealkylation sites (N-methyl/N-ethyl adjacent to an activating group) is 1. The highest BCUT2D eigenvalue weighted by Crippen LogP contribution is 2.38. The summed E-state index contributed by atoms with van der Waals surface area (Å²) >= 11 is 6.29. The van der Waals surface area contributed by atoms with Crippen LogP contribution in [0.1, 0.15) is 53.6 Å². The second-order valence-electron chi connectivity index (χ2n) is 12.7. The van der Waals surface area contributed by atoms with E-state index < -0.39 is 18.4 Å². The highest BCUT2D eigenvalue weighted by Gasteiger charge is 2.28. The Bertz CT molecular complexity index is 1670. The van der Waals surface area contributed by atoms with Gasteiger partial charge in [0.25, 0.3) is 11.8 Å². The number of ether oxygens (including phenoxy) is 1. The zero-order valence-corrected chi connectivity index (χ0v) is 29.1. The van der Waals surface area contributed by atoms with Gasteiger partial charge in [-0.25, -0.2) is 9.67 Å². The molecular formula is C32H44ClF2N11O4. The molecule has 3 aromatic rings. The summed E-state index contributed by atoms with van der Waals surface area (Å²) in [5.74, 6) is -1.46. The lowest BCUT2D eigenvalue weighted by atomic mass is 9.91. The quantitative estimate of drug-likeness (QED) is 0.191. The van der Waals surface area contributed by atoms with E-state index >= 15 is 0 Å². The van der Waals surface area contributed by atoms with E-state index in [0.29, 0.717) is 50.9 Å². The number of piperazine rings is 1. The first-order valence-corrected chi connectivity index (χ1v) is 16.9. The predicted octanol–water partition coefficient (Wildman–Crippen LogP) is 2.78. The lowest BCUT2D eigenvalue weighted by molar-refractivity contribution is -0.0498. The van der Waals surface area contributed by atoms with Crippen molar-refractivity contribution in [3.05, 3.63) is 40.8 Å². The van der Waals surface area contributed by atoms with E-state index in [4.69, 9.17) is 27.8 Å². The molecule has 1 aliphatic carbocycles. The molecule has 0 radical (unpaired) electrons. The largest absolute Gasteiger partial charge is 0.432 e. The molecule has 2 aliphatic rings. The third kappa shape index (κ3) is 8.51. The number of alkyl halides is 2. The van der Waals surface area contributed by atoms with Crippen molar-refractivity contribution in [3.8, 4) is 11.4 Å². The van der Waals surface area contributed by atoms with Gasteiger partial charge in [0.05, 0.1) is 34.9 Å². The summed E-state index contributed by atoms with van der Waals surface area (Å²) in [6.07, 6.45) is 5.40. The van der Waals surface area contributed by atoms with E-state index in [9.17, 15) is 23.5 Å². The first-order chi connectivity index (χ1) is 23.9. The summed E-state index contributed by atoms with van der Waals surface area (Å²) in [7, 11) is 3.63. The van der Waals surface area contributed by atoms with Gasteiger partial charge < -0.3 is 41.3 Å². The molecule has 2 aromatic heterocycles. The van der Waals surface area contributed by atoms with Crippen molar-refractivity contribution in [2.24, 2.45) is 0 Å². The average Bonchev–Trinajstić information content (AvgIpc) is 3.53. The topological polar surface area (TPSA) is 184 Å². The van der Waals surface area contributed by atoms with Gasteiger partial charge in [-0.3, -0.25) is 14.5 Å². The van der Waals surface area contributed by atoms with Crippen LogP contribution in [0.25, 0.3) is 5.69 Å². The number of carbonyl (C=O) groups is 2. The minimum absolute atomic E-state index is 0.00301. The normalized spacial score (nSPS) is 16.9. The van der Waals surface area contributed by atoms with Gasteiger partial charge in [-0.2, -0.15) is 8.78 Å². The van der Waals surface area contributed by atoms with Crippen LogP contribution in [0, 0.1) is 0 Å². The molecule has 6 N–H and O–H groups in total. The number of nitrogens with two attached hydrogens (primary N) is 2. The maximum atomic E-state index is 13.8. The van der Waals surface area contributed by atoms with E-state index in [1.54, 1.807) is 7.05 Å². The Balaban J connectivity index is 1.44. The summed E-state index contributed by atoms with van der Waals surface area (Å²) < 4.78 is 33.7. The fourth-order valence-corrected chi connectivity index (χ4v) is 6.30. The Morgan fingerprint density at radius 2 is 1.92 bits per heavy atom. The molecule has 0 spiro atoms. The van der Waals surface area contributed by atoms with Crippen LogP contribution >= 0.6 is 11.6 Å². The maximum absolute atomic E-state index is 13.8. The molecule has 50 heavy (non-hydrogen) atoms. The van der Waals surface area contributed by atoms with Crippen molar-refractivity contribution >= 4 is 46.3 Å². The zero-order valence-electron chi connectivity index (χ0n) is 28.4. The minimum atomic E-state index is -3.18. The second-order valence-corrected chi connectivity index (χ2v) is 13.1. The number of carbonyl (C=O) groups excluding carboxylic acids is 2. The molecule has 15 nitrogen and oxygen atoms in total. The van der Waals surface area contributed by atoms with Gasteiger partial charge in [0.1, 0.15) is 17.2 Å². The third-order valence-electron chi connectivity index (χ3n) is 9.32. The van der Waals surface area contributed by atoms with E-state index in [-0.39, 0.29) is 57.7 Å². The van der Waals surface area contributed by atoms with Gasteiger partial charge in [-0.05, 0) is 45.4 Å². The van der Waals surface area contributed by atoms with Crippen molar-refractivity contribution < 1.29 is 28.2 Å². The minimum Gasteiger partial charge on any atom is -0.432 e. The number of amides is 2. The predicted molar refractivity (Wildman–Crippen MR) is 186 cm³/mol. The number of benzene rings is 1. The van der Waals surface area contributed by atoms with Crippen LogP contribution in [0.2, 0.25) is 5.02 Å². The molecule has 5 rings (SSSR count). The van der Waals surface area contributed by atoms with Crippen LogP contribution < -0.4 is 26.4 Å². The van der Waals surface area contributed by atoms with E-state index in [2.05, 4.69) is 30.4 Å². The molecule has 2 fully saturated rings. The summed E-state index contributed by atoms with van der Waals surface area (Å²) in [6, 6.07) is 4.71. The average molecular weight is 720 g/mol. The number of nitrogens with zero attached hydrogens (tertiary/aromatic N) is 8. The Labute approximate surface area is 294 Å². The Morgan fingerprint density at radius 3 is 2.58 bits per heavy atom. The molecule has 1 atom stereocenters. The molecule has 1 saturated carbocycles. The van der Waals surface area contributed by atoms with Crippen molar-refractivity contribution in [2.45, 2.75) is 51.3 Å². The maximum Gasteiger partial charge on any atom is 0.387 e. The second kappa shape index (κ2) is 16.1. The number of rotatable bonds is 14.